The minimum atomic E-state index is 0.663. The number of aromatic nitrogens is 2. The molecule has 0 atom stereocenters. The molecule has 19 heavy (non-hydrogen) atoms. The summed E-state index contributed by atoms with van der Waals surface area (Å²) < 4.78 is 5.45. The van der Waals surface area contributed by atoms with Gasteiger partial charge in [-0.05, 0) is 12.8 Å². The predicted molar refractivity (Wildman–Crippen MR) is 76.2 cm³/mol. The van der Waals surface area contributed by atoms with Crippen LogP contribution in [0.1, 0.15) is 24.6 Å². The zero-order chi connectivity index (χ0) is 13.1. The topological polar surface area (TPSA) is 45.4 Å². The third-order valence-electron chi connectivity index (χ3n) is 4.05. The quantitative estimate of drug-likeness (QED) is 0.835. The van der Waals surface area contributed by atoms with Crippen molar-refractivity contribution in [2.45, 2.75) is 32.4 Å². The summed E-state index contributed by atoms with van der Waals surface area (Å²) in [5.41, 5.74) is 0. The zero-order valence-electron chi connectivity index (χ0n) is 11.5. The van der Waals surface area contributed by atoms with E-state index in [0.29, 0.717) is 5.89 Å². The Morgan fingerprint density at radius 3 is 2.53 bits per heavy atom. The summed E-state index contributed by atoms with van der Waals surface area (Å²) in [6.07, 6.45) is 2.55. The van der Waals surface area contributed by atoms with Crippen molar-refractivity contribution in [3.63, 3.8) is 0 Å². The number of aryl methyl sites for hydroxylation is 1. The Kier molecular flexibility index (Phi) is 4.40. The van der Waals surface area contributed by atoms with E-state index in [4.69, 9.17) is 4.42 Å². The van der Waals surface area contributed by atoms with Gasteiger partial charge in [-0.25, -0.2) is 0 Å². The minimum Gasteiger partial charge on any atom is -0.424 e. The second-order valence-corrected chi connectivity index (χ2v) is 6.60. The van der Waals surface area contributed by atoms with Crippen LogP contribution in [-0.2, 0) is 6.54 Å². The Hall–Kier alpha value is -0.590. The van der Waals surface area contributed by atoms with Crippen molar-refractivity contribution in [3.05, 3.63) is 11.8 Å². The molecule has 106 valence electrons. The lowest BCUT2D eigenvalue weighted by molar-refractivity contribution is 0.106. The van der Waals surface area contributed by atoms with Crippen molar-refractivity contribution in [2.75, 3.05) is 37.7 Å². The summed E-state index contributed by atoms with van der Waals surface area (Å²) in [5, 5.41) is 7.96. The Labute approximate surface area is 118 Å². The standard InChI is InChI=1S/C13H22N4OS/c1-11-14-15-13(18-11)10-16-4-2-12(3-5-16)17-6-8-19-9-7-17/h12H,2-10H2,1H3. The Balaban J connectivity index is 1.46. The second-order valence-electron chi connectivity index (χ2n) is 5.37. The van der Waals surface area contributed by atoms with Crippen LogP contribution in [0.5, 0.6) is 0 Å². The van der Waals surface area contributed by atoms with Crippen LogP contribution in [-0.4, -0.2) is 63.7 Å². The fourth-order valence-electron chi connectivity index (χ4n) is 2.98. The number of hydrogen-bond acceptors (Lipinski definition) is 6. The molecule has 1 aromatic heterocycles. The van der Waals surface area contributed by atoms with Crippen molar-refractivity contribution < 1.29 is 4.42 Å². The van der Waals surface area contributed by atoms with Crippen molar-refractivity contribution in [2.24, 2.45) is 0 Å². The second kappa shape index (κ2) is 6.24. The van der Waals surface area contributed by atoms with E-state index in [2.05, 4.69) is 31.8 Å². The lowest BCUT2D eigenvalue weighted by Crippen LogP contribution is -2.47. The largest absolute Gasteiger partial charge is 0.424 e. The van der Waals surface area contributed by atoms with Crippen LogP contribution in [0.4, 0.5) is 0 Å². The third-order valence-corrected chi connectivity index (χ3v) is 4.99. The highest BCUT2D eigenvalue weighted by molar-refractivity contribution is 7.99. The normalized spacial score (nSPS) is 23.8. The lowest BCUT2D eigenvalue weighted by atomic mass is 10.0. The third kappa shape index (κ3) is 3.49. The number of rotatable bonds is 3. The summed E-state index contributed by atoms with van der Waals surface area (Å²) in [4.78, 5) is 5.12. The van der Waals surface area contributed by atoms with Gasteiger partial charge < -0.3 is 4.42 Å². The van der Waals surface area contributed by atoms with Gasteiger partial charge in [-0.15, -0.1) is 10.2 Å². The molecule has 2 saturated heterocycles. The van der Waals surface area contributed by atoms with Crippen LogP contribution < -0.4 is 0 Å². The first-order chi connectivity index (χ1) is 9.31. The van der Waals surface area contributed by atoms with Crippen molar-refractivity contribution in [1.82, 2.24) is 20.0 Å². The highest BCUT2D eigenvalue weighted by Crippen LogP contribution is 2.21. The van der Waals surface area contributed by atoms with Crippen molar-refractivity contribution in [3.8, 4) is 0 Å². The molecule has 0 N–H and O–H groups in total. The van der Waals surface area contributed by atoms with Crippen LogP contribution in [0.2, 0.25) is 0 Å². The molecule has 2 fully saturated rings. The number of piperidine rings is 1. The summed E-state index contributed by atoms with van der Waals surface area (Å²) in [6.45, 7) is 7.50. The summed E-state index contributed by atoms with van der Waals surface area (Å²) in [7, 11) is 0. The Morgan fingerprint density at radius 2 is 1.89 bits per heavy atom. The lowest BCUT2D eigenvalue weighted by Gasteiger charge is -2.39. The van der Waals surface area contributed by atoms with Crippen LogP contribution in [0, 0.1) is 6.92 Å². The zero-order valence-corrected chi connectivity index (χ0v) is 12.4. The van der Waals surface area contributed by atoms with E-state index < -0.39 is 0 Å². The van der Waals surface area contributed by atoms with Gasteiger partial charge in [0.2, 0.25) is 11.8 Å². The molecule has 5 nitrogen and oxygen atoms in total. The van der Waals surface area contributed by atoms with Gasteiger partial charge >= 0.3 is 0 Å². The number of hydrogen-bond donors (Lipinski definition) is 0. The van der Waals surface area contributed by atoms with Gasteiger partial charge in [0, 0.05) is 50.7 Å². The van der Waals surface area contributed by atoms with E-state index in [0.717, 1.165) is 31.6 Å². The maximum absolute atomic E-state index is 5.45. The molecule has 0 amide bonds. The molecule has 0 aliphatic carbocycles. The monoisotopic (exact) mass is 282 g/mol. The van der Waals surface area contributed by atoms with E-state index in [1.54, 1.807) is 0 Å². The van der Waals surface area contributed by atoms with Gasteiger partial charge in [0.05, 0.1) is 6.54 Å². The summed E-state index contributed by atoms with van der Waals surface area (Å²) >= 11 is 2.09. The fraction of sp³-hybridized carbons (Fsp3) is 0.846. The van der Waals surface area contributed by atoms with Crippen LogP contribution in [0.3, 0.4) is 0 Å². The SMILES string of the molecule is Cc1nnc(CN2CCC(N3CCSCC3)CC2)o1. The molecule has 3 heterocycles. The van der Waals surface area contributed by atoms with Gasteiger partial charge in [-0.2, -0.15) is 11.8 Å². The van der Waals surface area contributed by atoms with Crippen LogP contribution >= 0.6 is 11.8 Å². The molecular formula is C13H22N4OS. The average molecular weight is 282 g/mol. The summed E-state index contributed by atoms with van der Waals surface area (Å²) in [5.74, 6) is 4.03. The molecule has 0 spiro atoms. The average Bonchev–Trinajstić information content (AvgIpc) is 2.86. The van der Waals surface area contributed by atoms with Gasteiger partial charge in [0.15, 0.2) is 0 Å². The molecule has 0 unspecified atom stereocenters. The summed E-state index contributed by atoms with van der Waals surface area (Å²) in [6, 6.07) is 0.793. The first-order valence-corrected chi connectivity index (χ1v) is 8.30. The van der Waals surface area contributed by atoms with E-state index in [1.165, 1.54) is 37.4 Å². The molecule has 0 aromatic carbocycles. The van der Waals surface area contributed by atoms with E-state index in [1.807, 2.05) is 6.92 Å². The van der Waals surface area contributed by atoms with E-state index in [9.17, 15) is 0 Å². The van der Waals surface area contributed by atoms with E-state index >= 15 is 0 Å². The van der Waals surface area contributed by atoms with Gasteiger partial charge in [-0.1, -0.05) is 0 Å². The maximum atomic E-state index is 5.45. The number of nitrogens with zero attached hydrogens (tertiary/aromatic N) is 4. The molecule has 2 aliphatic rings. The Bertz CT molecular complexity index is 397. The van der Waals surface area contributed by atoms with Crippen molar-refractivity contribution in [1.29, 1.82) is 0 Å². The molecule has 0 saturated carbocycles. The van der Waals surface area contributed by atoms with Gasteiger partial charge in [0.25, 0.3) is 0 Å². The minimum absolute atomic E-state index is 0.663. The molecule has 2 aliphatic heterocycles. The van der Waals surface area contributed by atoms with Gasteiger partial charge in [-0.3, -0.25) is 9.80 Å². The van der Waals surface area contributed by atoms with Crippen molar-refractivity contribution >= 4 is 11.8 Å². The molecular weight excluding hydrogens is 260 g/mol. The van der Waals surface area contributed by atoms with E-state index in [-0.39, 0.29) is 0 Å². The number of thioether (sulfide) groups is 1. The highest BCUT2D eigenvalue weighted by Gasteiger charge is 2.26. The van der Waals surface area contributed by atoms with Gasteiger partial charge in [0.1, 0.15) is 0 Å². The first kappa shape index (κ1) is 13.4. The molecule has 6 heteroatoms. The fourth-order valence-corrected chi connectivity index (χ4v) is 3.91. The number of likely N-dealkylation sites (tertiary alicyclic amines) is 1. The predicted octanol–water partition coefficient (Wildman–Crippen LogP) is 1.39. The molecule has 0 radical (unpaired) electrons. The van der Waals surface area contributed by atoms with Crippen LogP contribution in [0.25, 0.3) is 0 Å². The highest BCUT2D eigenvalue weighted by atomic mass is 32.2. The smallest absolute Gasteiger partial charge is 0.230 e. The first-order valence-electron chi connectivity index (χ1n) is 7.14. The molecule has 0 bridgehead atoms. The molecule has 3 rings (SSSR count). The van der Waals surface area contributed by atoms with Crippen LogP contribution in [0.15, 0.2) is 4.42 Å². The Morgan fingerprint density at radius 1 is 1.16 bits per heavy atom. The molecule has 1 aromatic rings. The maximum Gasteiger partial charge on any atom is 0.230 e.